The van der Waals surface area contributed by atoms with E-state index in [4.69, 9.17) is 4.74 Å². The van der Waals surface area contributed by atoms with Crippen LogP contribution >= 0.6 is 0 Å². The van der Waals surface area contributed by atoms with Gasteiger partial charge in [0.2, 0.25) is 17.7 Å². The Hall–Kier alpha value is -5.00. The number of hydrogen-bond donors (Lipinski definition) is 0. The molecule has 0 aliphatic carbocycles. The highest BCUT2D eigenvalue weighted by molar-refractivity contribution is 6.28. The maximum absolute atomic E-state index is 14.1. The monoisotopic (exact) mass is 556 g/mol. The molecule has 4 aromatic rings. The minimum absolute atomic E-state index is 0.0436. The number of aryl methyl sites for hydroxylation is 2. The summed E-state index contributed by atoms with van der Waals surface area (Å²) in [7, 11) is 4.72. The fraction of sp³-hybridized carbons (Fsp3) is 0.310. The molecule has 2 aromatic carbocycles. The third-order valence-corrected chi connectivity index (χ3v) is 8.04. The molecule has 0 bridgehead atoms. The molecule has 2 aliphatic heterocycles. The van der Waals surface area contributed by atoms with Crippen LogP contribution in [0.5, 0.6) is 5.75 Å². The molecule has 6 rings (SSSR count). The van der Waals surface area contributed by atoms with Crippen molar-refractivity contribution in [2.24, 2.45) is 14.1 Å². The third kappa shape index (κ3) is 3.81. The maximum atomic E-state index is 14.1. The predicted octanol–water partition coefficient (Wildman–Crippen LogP) is 1.08. The number of amides is 3. The number of nitrogens with zero attached hydrogens (tertiary/aromatic N) is 6. The molecule has 1 spiro atoms. The van der Waals surface area contributed by atoms with Gasteiger partial charge < -0.3 is 14.2 Å². The number of imide groups is 1. The molecule has 1 atom stereocenters. The molecule has 12 nitrogen and oxygen atoms in total. The highest BCUT2D eigenvalue weighted by atomic mass is 16.5. The van der Waals surface area contributed by atoms with Gasteiger partial charge in [0.15, 0.2) is 16.6 Å². The smallest absolute Gasteiger partial charge is 0.332 e. The van der Waals surface area contributed by atoms with Gasteiger partial charge in [-0.15, -0.1) is 0 Å². The molecule has 41 heavy (non-hydrogen) atoms. The number of imidazole rings is 1. The zero-order chi connectivity index (χ0) is 29.1. The summed E-state index contributed by atoms with van der Waals surface area (Å²) in [5.41, 5.74) is -0.389. The largest absolute Gasteiger partial charge is 0.497 e. The topological polar surface area (TPSA) is 129 Å². The standard InChI is InChI=1S/C29H28N6O6/c1-31-17-30-24-23(31)25(37)34(28(40)32(24)2)13-7-12-33-21-11-10-19(41-3)14-20(21)29(26(33)38)15-22(36)35(27(29)39)16-18-8-5-4-6-9-18/h4-6,8-11,14,17H,7,12-13,15-16H2,1-3H3. The van der Waals surface area contributed by atoms with Crippen LogP contribution in [-0.4, -0.2) is 55.0 Å². The number of benzene rings is 2. The number of aromatic nitrogens is 4. The van der Waals surface area contributed by atoms with Gasteiger partial charge in [-0.2, -0.15) is 0 Å². The number of fused-ring (bicyclic) bond motifs is 3. The van der Waals surface area contributed by atoms with Gasteiger partial charge in [-0.05, 0) is 30.2 Å². The Bertz CT molecular complexity index is 1860. The summed E-state index contributed by atoms with van der Waals surface area (Å²) >= 11 is 0. The minimum Gasteiger partial charge on any atom is -0.497 e. The first-order valence-electron chi connectivity index (χ1n) is 13.2. The van der Waals surface area contributed by atoms with Gasteiger partial charge in [0.1, 0.15) is 5.75 Å². The van der Waals surface area contributed by atoms with Crippen LogP contribution in [0.4, 0.5) is 5.69 Å². The molecule has 0 N–H and O–H groups in total. The first-order valence-corrected chi connectivity index (χ1v) is 13.2. The van der Waals surface area contributed by atoms with Crippen LogP contribution in [0.2, 0.25) is 0 Å². The quantitative estimate of drug-likeness (QED) is 0.246. The molecule has 2 aromatic heterocycles. The Kier molecular flexibility index (Phi) is 6.13. The second kappa shape index (κ2) is 9.58. The highest BCUT2D eigenvalue weighted by Crippen LogP contribution is 2.50. The first-order chi connectivity index (χ1) is 19.7. The molecule has 1 unspecified atom stereocenters. The van der Waals surface area contributed by atoms with E-state index in [1.807, 2.05) is 30.3 Å². The van der Waals surface area contributed by atoms with Crippen LogP contribution in [-0.2, 0) is 47.0 Å². The van der Waals surface area contributed by atoms with E-state index in [0.717, 1.165) is 15.0 Å². The summed E-state index contributed by atoms with van der Waals surface area (Å²) in [6, 6.07) is 14.2. The number of ether oxygens (including phenoxy) is 1. The average Bonchev–Trinajstić information content (AvgIpc) is 3.56. The lowest BCUT2D eigenvalue weighted by Gasteiger charge is -2.23. The number of hydrogen-bond acceptors (Lipinski definition) is 7. The minimum atomic E-state index is -1.70. The van der Waals surface area contributed by atoms with Crippen LogP contribution in [0.25, 0.3) is 11.2 Å². The van der Waals surface area contributed by atoms with Crippen LogP contribution in [0.1, 0.15) is 24.0 Å². The van der Waals surface area contributed by atoms with E-state index in [9.17, 15) is 24.0 Å². The second-order valence-electron chi connectivity index (χ2n) is 10.4. The maximum Gasteiger partial charge on any atom is 0.332 e. The fourth-order valence-electron chi connectivity index (χ4n) is 5.92. The van der Waals surface area contributed by atoms with Gasteiger partial charge in [0.25, 0.3) is 5.56 Å². The number of anilines is 1. The van der Waals surface area contributed by atoms with Crippen molar-refractivity contribution in [3.63, 3.8) is 0 Å². The van der Waals surface area contributed by atoms with E-state index in [2.05, 4.69) is 4.98 Å². The van der Waals surface area contributed by atoms with Crippen molar-refractivity contribution in [2.45, 2.75) is 31.3 Å². The van der Waals surface area contributed by atoms with Crippen LogP contribution in [0, 0.1) is 0 Å². The van der Waals surface area contributed by atoms with Crippen molar-refractivity contribution in [1.82, 2.24) is 23.6 Å². The SMILES string of the molecule is COc1ccc2c(c1)C1(CC(=O)N(Cc3ccccc3)C1=O)C(=O)N2CCCn1c(=O)c2c(ncn2C)n(C)c1=O. The zero-order valence-electron chi connectivity index (χ0n) is 22.9. The molecule has 2 aliphatic rings. The molecule has 1 fully saturated rings. The Morgan fingerprint density at radius 2 is 1.66 bits per heavy atom. The van der Waals surface area contributed by atoms with E-state index in [0.29, 0.717) is 28.2 Å². The lowest BCUT2D eigenvalue weighted by Crippen LogP contribution is -2.47. The molecule has 3 amide bonds. The average molecular weight is 557 g/mol. The summed E-state index contributed by atoms with van der Waals surface area (Å²) in [6.45, 7) is 0.233. The number of carbonyl (C=O) groups is 3. The molecule has 12 heteroatoms. The van der Waals surface area contributed by atoms with Crippen LogP contribution < -0.4 is 20.9 Å². The van der Waals surface area contributed by atoms with Crippen molar-refractivity contribution in [1.29, 1.82) is 0 Å². The molecule has 210 valence electrons. The normalized spacial score (nSPS) is 18.3. The van der Waals surface area contributed by atoms with E-state index in [-0.39, 0.29) is 32.5 Å². The second-order valence-corrected chi connectivity index (χ2v) is 10.4. The predicted molar refractivity (Wildman–Crippen MR) is 148 cm³/mol. The summed E-state index contributed by atoms with van der Waals surface area (Å²) in [4.78, 5) is 74.1. The zero-order valence-corrected chi connectivity index (χ0v) is 22.9. The fourth-order valence-corrected chi connectivity index (χ4v) is 5.92. The van der Waals surface area contributed by atoms with E-state index in [1.165, 1.54) is 22.9 Å². The summed E-state index contributed by atoms with van der Waals surface area (Å²) in [6.07, 6.45) is 1.44. The lowest BCUT2D eigenvalue weighted by molar-refractivity contribution is -0.142. The van der Waals surface area contributed by atoms with Crippen molar-refractivity contribution < 1.29 is 19.1 Å². The van der Waals surface area contributed by atoms with Crippen molar-refractivity contribution in [3.05, 3.63) is 86.8 Å². The van der Waals surface area contributed by atoms with Crippen molar-refractivity contribution in [3.8, 4) is 5.75 Å². The van der Waals surface area contributed by atoms with Gasteiger partial charge in [-0.1, -0.05) is 30.3 Å². The van der Waals surface area contributed by atoms with Crippen molar-refractivity contribution >= 4 is 34.6 Å². The van der Waals surface area contributed by atoms with Gasteiger partial charge in [0, 0.05) is 38.4 Å². The van der Waals surface area contributed by atoms with Gasteiger partial charge in [-0.3, -0.25) is 33.2 Å². The van der Waals surface area contributed by atoms with Crippen LogP contribution in [0.15, 0.2) is 64.4 Å². The Labute approximate surface area is 234 Å². The Morgan fingerprint density at radius 1 is 0.927 bits per heavy atom. The Morgan fingerprint density at radius 3 is 2.39 bits per heavy atom. The molecule has 0 saturated carbocycles. The van der Waals surface area contributed by atoms with Gasteiger partial charge >= 0.3 is 5.69 Å². The molecular formula is C29H28N6O6. The Balaban J connectivity index is 1.32. The molecular weight excluding hydrogens is 528 g/mol. The summed E-state index contributed by atoms with van der Waals surface area (Å²) < 4.78 is 9.40. The molecule has 4 heterocycles. The van der Waals surface area contributed by atoms with Gasteiger partial charge in [0.05, 0.1) is 26.4 Å². The van der Waals surface area contributed by atoms with E-state index >= 15 is 0 Å². The number of rotatable bonds is 7. The number of carbonyl (C=O) groups excluding carboxylic acids is 3. The first kappa shape index (κ1) is 26.2. The molecule has 0 radical (unpaired) electrons. The number of likely N-dealkylation sites (tertiary alicyclic amines) is 1. The van der Waals surface area contributed by atoms with Gasteiger partial charge in [-0.25, -0.2) is 9.78 Å². The third-order valence-electron chi connectivity index (χ3n) is 8.04. The van der Waals surface area contributed by atoms with E-state index in [1.54, 1.807) is 36.9 Å². The molecule has 1 saturated heterocycles. The summed E-state index contributed by atoms with van der Waals surface area (Å²) in [5.74, 6) is -1.04. The summed E-state index contributed by atoms with van der Waals surface area (Å²) in [5, 5.41) is 0. The van der Waals surface area contributed by atoms with E-state index < -0.39 is 34.4 Å². The highest BCUT2D eigenvalue weighted by Gasteiger charge is 2.63. The van der Waals surface area contributed by atoms with Crippen LogP contribution in [0.3, 0.4) is 0 Å². The lowest BCUT2D eigenvalue weighted by atomic mass is 9.80. The number of methoxy groups -OCH3 is 1. The van der Waals surface area contributed by atoms with Crippen molar-refractivity contribution in [2.75, 3.05) is 18.6 Å².